The smallest absolute Gasteiger partial charge is 0.192 e. The molecule has 2 aromatic rings. The molecule has 1 aliphatic rings. The summed E-state index contributed by atoms with van der Waals surface area (Å²) in [7, 11) is 1.39. The maximum Gasteiger partial charge on any atom is 0.192 e. The van der Waals surface area contributed by atoms with Gasteiger partial charge in [-0.15, -0.1) is 0 Å². The topological polar surface area (TPSA) is 42.1 Å². The molecule has 0 radical (unpaired) electrons. The molecule has 0 fully saturated rings. The molecule has 0 saturated carbocycles. The Hall–Kier alpha value is -1.84. The molecular formula is C13H12FNO2. The molecule has 17 heavy (non-hydrogen) atoms. The highest BCUT2D eigenvalue weighted by Gasteiger charge is 2.18. The maximum absolute atomic E-state index is 13.6. The zero-order chi connectivity index (χ0) is 12.0. The fourth-order valence-corrected chi connectivity index (χ4v) is 2.46. The van der Waals surface area contributed by atoms with Gasteiger partial charge in [-0.1, -0.05) is 0 Å². The number of hydrogen-bond acceptors (Lipinski definition) is 2. The van der Waals surface area contributed by atoms with Gasteiger partial charge < -0.3 is 9.72 Å². The van der Waals surface area contributed by atoms with E-state index in [1.165, 1.54) is 19.2 Å². The lowest BCUT2D eigenvalue weighted by molar-refractivity contribution is 0.387. The molecule has 1 aliphatic carbocycles. The van der Waals surface area contributed by atoms with E-state index in [0.717, 1.165) is 30.5 Å². The van der Waals surface area contributed by atoms with Crippen molar-refractivity contribution in [3.63, 3.8) is 0 Å². The Morgan fingerprint density at radius 1 is 1.35 bits per heavy atom. The van der Waals surface area contributed by atoms with Crippen LogP contribution in [0.25, 0.3) is 10.9 Å². The van der Waals surface area contributed by atoms with E-state index < -0.39 is 5.82 Å². The summed E-state index contributed by atoms with van der Waals surface area (Å²) < 4.78 is 18.5. The highest BCUT2D eigenvalue weighted by atomic mass is 19.1. The largest absolute Gasteiger partial charge is 0.494 e. The standard InChI is InChI=1S/C13H12FNO2/c1-17-12-5-8-11(6-9(12)14)15-10-4-2-3-7(10)13(8)16/h5-6H,2-4H2,1H3,(H,15,16). The molecule has 0 spiro atoms. The summed E-state index contributed by atoms with van der Waals surface area (Å²) in [6.45, 7) is 0. The Balaban J connectivity index is 2.40. The lowest BCUT2D eigenvalue weighted by Crippen LogP contribution is -2.11. The molecule has 4 heteroatoms. The van der Waals surface area contributed by atoms with Crippen molar-refractivity contribution in [1.82, 2.24) is 4.98 Å². The van der Waals surface area contributed by atoms with Crippen LogP contribution in [0.2, 0.25) is 0 Å². The molecule has 3 rings (SSSR count). The van der Waals surface area contributed by atoms with Crippen LogP contribution in [0, 0.1) is 5.82 Å². The van der Waals surface area contributed by atoms with E-state index in [4.69, 9.17) is 4.74 Å². The first-order chi connectivity index (χ1) is 8.20. The molecule has 0 atom stereocenters. The van der Waals surface area contributed by atoms with Crippen LogP contribution in [0.4, 0.5) is 4.39 Å². The average molecular weight is 233 g/mol. The van der Waals surface area contributed by atoms with Crippen molar-refractivity contribution in [2.75, 3.05) is 7.11 Å². The molecule has 1 aromatic carbocycles. The zero-order valence-corrected chi connectivity index (χ0v) is 9.47. The first-order valence-electron chi connectivity index (χ1n) is 5.62. The van der Waals surface area contributed by atoms with Crippen molar-refractivity contribution >= 4 is 10.9 Å². The van der Waals surface area contributed by atoms with Gasteiger partial charge >= 0.3 is 0 Å². The third-order valence-corrected chi connectivity index (χ3v) is 3.31. The van der Waals surface area contributed by atoms with E-state index in [1.54, 1.807) is 0 Å². The molecule has 0 unspecified atom stereocenters. The predicted octanol–water partition coefficient (Wildman–Crippen LogP) is 2.16. The molecule has 0 amide bonds. The monoisotopic (exact) mass is 233 g/mol. The number of halogens is 1. The maximum atomic E-state index is 13.6. The number of methoxy groups -OCH3 is 1. The Morgan fingerprint density at radius 3 is 2.94 bits per heavy atom. The fourth-order valence-electron chi connectivity index (χ4n) is 2.46. The van der Waals surface area contributed by atoms with Gasteiger partial charge in [0.25, 0.3) is 0 Å². The number of aromatic nitrogens is 1. The Bertz CT molecular complexity index is 660. The third-order valence-electron chi connectivity index (χ3n) is 3.31. The fraction of sp³-hybridized carbons (Fsp3) is 0.308. The molecule has 1 N–H and O–H groups in total. The number of pyridine rings is 1. The number of H-pyrrole nitrogens is 1. The second-order valence-corrected chi connectivity index (χ2v) is 4.30. The minimum atomic E-state index is -0.450. The molecule has 1 aromatic heterocycles. The Kier molecular flexibility index (Phi) is 2.18. The van der Waals surface area contributed by atoms with Crippen molar-refractivity contribution in [2.45, 2.75) is 19.3 Å². The van der Waals surface area contributed by atoms with Gasteiger partial charge in [0.05, 0.1) is 12.6 Å². The highest BCUT2D eigenvalue weighted by Crippen LogP contribution is 2.25. The summed E-state index contributed by atoms with van der Waals surface area (Å²) in [6, 6.07) is 2.80. The quantitative estimate of drug-likeness (QED) is 0.820. The molecule has 0 saturated heterocycles. The van der Waals surface area contributed by atoms with E-state index in [1.807, 2.05) is 0 Å². The van der Waals surface area contributed by atoms with E-state index in [2.05, 4.69) is 4.98 Å². The minimum Gasteiger partial charge on any atom is -0.494 e. The van der Waals surface area contributed by atoms with E-state index >= 15 is 0 Å². The lowest BCUT2D eigenvalue weighted by atomic mass is 10.1. The van der Waals surface area contributed by atoms with Gasteiger partial charge in [-0.05, 0) is 25.3 Å². The summed E-state index contributed by atoms with van der Waals surface area (Å²) in [5.74, 6) is -0.338. The molecule has 1 heterocycles. The predicted molar refractivity (Wildman–Crippen MR) is 63.1 cm³/mol. The highest BCUT2D eigenvalue weighted by molar-refractivity contribution is 5.81. The second-order valence-electron chi connectivity index (χ2n) is 4.30. The number of ether oxygens (including phenoxy) is 1. The number of fused-ring (bicyclic) bond motifs is 2. The van der Waals surface area contributed by atoms with Crippen molar-refractivity contribution in [2.24, 2.45) is 0 Å². The molecule has 0 bridgehead atoms. The summed E-state index contributed by atoms with van der Waals surface area (Å²) in [5, 5.41) is 0.504. The third kappa shape index (κ3) is 1.44. The van der Waals surface area contributed by atoms with Crippen LogP contribution in [0.5, 0.6) is 5.75 Å². The van der Waals surface area contributed by atoms with Crippen LogP contribution in [0.3, 0.4) is 0 Å². The van der Waals surface area contributed by atoms with Gasteiger partial charge in [0.15, 0.2) is 17.0 Å². The van der Waals surface area contributed by atoms with Gasteiger partial charge in [0.1, 0.15) is 0 Å². The Labute approximate surface area is 97.2 Å². The van der Waals surface area contributed by atoms with Crippen molar-refractivity contribution in [1.29, 1.82) is 0 Å². The number of nitrogens with one attached hydrogen (secondary N) is 1. The lowest BCUT2D eigenvalue weighted by Gasteiger charge is -2.07. The summed E-state index contributed by atoms with van der Waals surface area (Å²) >= 11 is 0. The molecule has 88 valence electrons. The average Bonchev–Trinajstić information content (AvgIpc) is 2.77. The van der Waals surface area contributed by atoms with E-state index in [-0.39, 0.29) is 11.2 Å². The molecule has 0 aliphatic heterocycles. The van der Waals surface area contributed by atoms with Crippen LogP contribution in [-0.2, 0) is 12.8 Å². The first-order valence-corrected chi connectivity index (χ1v) is 5.62. The first kappa shape index (κ1) is 10.3. The van der Waals surface area contributed by atoms with Gasteiger partial charge in [-0.25, -0.2) is 4.39 Å². The van der Waals surface area contributed by atoms with Gasteiger partial charge in [0.2, 0.25) is 0 Å². The van der Waals surface area contributed by atoms with E-state index in [0.29, 0.717) is 10.9 Å². The van der Waals surface area contributed by atoms with Crippen LogP contribution in [-0.4, -0.2) is 12.1 Å². The summed E-state index contributed by atoms with van der Waals surface area (Å²) in [5.41, 5.74) is 2.34. The van der Waals surface area contributed by atoms with Crippen molar-refractivity contribution in [3.8, 4) is 5.75 Å². The van der Waals surface area contributed by atoms with Gasteiger partial charge in [-0.2, -0.15) is 0 Å². The number of aryl methyl sites for hydroxylation is 1. The Morgan fingerprint density at radius 2 is 2.18 bits per heavy atom. The SMILES string of the molecule is COc1cc2c(=O)c3c([nH]c2cc1F)CCC3. The van der Waals surface area contributed by atoms with Crippen LogP contribution >= 0.6 is 0 Å². The number of benzene rings is 1. The minimum absolute atomic E-state index is 0.00421. The molecular weight excluding hydrogens is 221 g/mol. The zero-order valence-electron chi connectivity index (χ0n) is 9.47. The van der Waals surface area contributed by atoms with Crippen LogP contribution in [0.15, 0.2) is 16.9 Å². The number of hydrogen-bond donors (Lipinski definition) is 1. The van der Waals surface area contributed by atoms with Crippen molar-refractivity contribution < 1.29 is 9.13 Å². The number of aromatic amines is 1. The van der Waals surface area contributed by atoms with E-state index in [9.17, 15) is 9.18 Å². The summed E-state index contributed by atoms with van der Waals surface area (Å²) in [6.07, 6.45) is 2.66. The van der Waals surface area contributed by atoms with Gasteiger partial charge in [-0.3, -0.25) is 4.79 Å². The van der Waals surface area contributed by atoms with Gasteiger partial charge in [0, 0.05) is 22.7 Å². The second kappa shape index (κ2) is 3.58. The molecule has 3 nitrogen and oxygen atoms in total. The number of rotatable bonds is 1. The van der Waals surface area contributed by atoms with Crippen LogP contribution < -0.4 is 10.2 Å². The van der Waals surface area contributed by atoms with Crippen molar-refractivity contribution in [3.05, 3.63) is 39.4 Å². The summed E-state index contributed by atoms with van der Waals surface area (Å²) in [4.78, 5) is 15.3. The van der Waals surface area contributed by atoms with Crippen LogP contribution in [0.1, 0.15) is 17.7 Å². The normalized spacial score (nSPS) is 14.0.